The molecule has 1 aromatic carbocycles. The third kappa shape index (κ3) is 4.19. The first kappa shape index (κ1) is 12.5. The van der Waals surface area contributed by atoms with Crippen LogP contribution in [0.3, 0.4) is 0 Å². The van der Waals surface area contributed by atoms with Gasteiger partial charge in [0.25, 0.3) is 0 Å². The van der Waals surface area contributed by atoms with Crippen molar-refractivity contribution in [2.24, 2.45) is 0 Å². The Balaban J connectivity index is 2.51. The smallest absolute Gasteiger partial charge is 0.133 e. The van der Waals surface area contributed by atoms with Gasteiger partial charge in [0.15, 0.2) is 0 Å². The van der Waals surface area contributed by atoms with Crippen molar-refractivity contribution >= 4 is 23.5 Å². The Kier molecular flexibility index (Phi) is 5.67. The van der Waals surface area contributed by atoms with E-state index in [1.807, 2.05) is 0 Å². The maximum atomic E-state index is 8.43. The SMILES string of the molecule is CSc1ccc(C(C)CCSC#N)cc1. The molecule has 80 valence electrons. The molecule has 0 spiro atoms. The Labute approximate surface area is 100 Å². The van der Waals surface area contributed by atoms with Gasteiger partial charge in [-0.05, 0) is 48.1 Å². The summed E-state index contributed by atoms with van der Waals surface area (Å²) in [6.07, 6.45) is 3.15. The standard InChI is InChI=1S/C12H15NS2/c1-10(7-8-15-9-13)11-3-5-12(14-2)6-4-11/h3-6,10H,7-8H2,1-2H3. The molecule has 1 atom stereocenters. The zero-order valence-corrected chi connectivity index (χ0v) is 10.7. The Morgan fingerprint density at radius 1 is 1.33 bits per heavy atom. The van der Waals surface area contributed by atoms with E-state index in [0.29, 0.717) is 5.92 Å². The monoisotopic (exact) mass is 237 g/mol. The van der Waals surface area contributed by atoms with Crippen molar-refractivity contribution in [1.82, 2.24) is 0 Å². The quantitative estimate of drug-likeness (QED) is 0.437. The van der Waals surface area contributed by atoms with Crippen LogP contribution in [0.1, 0.15) is 24.8 Å². The molecule has 1 aromatic rings. The topological polar surface area (TPSA) is 23.8 Å². The highest BCUT2D eigenvalue weighted by molar-refractivity contribution is 8.03. The van der Waals surface area contributed by atoms with E-state index in [0.717, 1.165) is 12.2 Å². The zero-order chi connectivity index (χ0) is 11.1. The highest BCUT2D eigenvalue weighted by atomic mass is 32.2. The van der Waals surface area contributed by atoms with Crippen molar-refractivity contribution < 1.29 is 0 Å². The summed E-state index contributed by atoms with van der Waals surface area (Å²) in [5, 5.41) is 10.5. The number of thiocyanates is 1. The normalized spacial score (nSPS) is 12.1. The molecule has 0 amide bonds. The molecule has 15 heavy (non-hydrogen) atoms. The maximum Gasteiger partial charge on any atom is 0.133 e. The average molecular weight is 237 g/mol. The molecule has 1 nitrogen and oxygen atoms in total. The minimum Gasteiger partial charge on any atom is -0.185 e. The molecule has 0 saturated carbocycles. The molecule has 0 aliphatic heterocycles. The third-order valence-corrected chi connectivity index (χ3v) is 3.71. The van der Waals surface area contributed by atoms with E-state index < -0.39 is 0 Å². The molecule has 0 saturated heterocycles. The fourth-order valence-corrected chi connectivity index (χ4v) is 2.35. The minimum absolute atomic E-state index is 0.543. The number of benzene rings is 1. The van der Waals surface area contributed by atoms with Crippen LogP contribution in [0.25, 0.3) is 0 Å². The van der Waals surface area contributed by atoms with Crippen molar-refractivity contribution in [3.63, 3.8) is 0 Å². The second-order valence-corrected chi connectivity index (χ2v) is 5.16. The average Bonchev–Trinajstić information content (AvgIpc) is 2.29. The third-order valence-electron chi connectivity index (χ3n) is 2.40. The molecule has 0 aliphatic rings. The number of hydrogen-bond donors (Lipinski definition) is 0. The maximum absolute atomic E-state index is 8.43. The number of nitrogens with zero attached hydrogens (tertiary/aromatic N) is 1. The molecule has 1 rings (SSSR count). The fraction of sp³-hybridized carbons (Fsp3) is 0.417. The summed E-state index contributed by atoms with van der Waals surface area (Å²) in [6, 6.07) is 8.70. The second-order valence-electron chi connectivity index (χ2n) is 3.40. The van der Waals surface area contributed by atoms with Gasteiger partial charge < -0.3 is 0 Å². The first-order valence-corrected chi connectivity index (χ1v) is 7.13. The summed E-state index contributed by atoms with van der Waals surface area (Å²) < 4.78 is 0. The predicted octanol–water partition coefficient (Wildman–Crippen LogP) is 4.12. The van der Waals surface area contributed by atoms with E-state index in [1.165, 1.54) is 22.2 Å². The minimum atomic E-state index is 0.543. The predicted molar refractivity (Wildman–Crippen MR) is 69.3 cm³/mol. The van der Waals surface area contributed by atoms with Crippen LogP contribution in [-0.4, -0.2) is 12.0 Å². The van der Waals surface area contributed by atoms with Gasteiger partial charge in [0, 0.05) is 10.6 Å². The molecule has 3 heteroatoms. The van der Waals surface area contributed by atoms with E-state index >= 15 is 0 Å². The molecular formula is C12H15NS2. The molecule has 1 unspecified atom stereocenters. The van der Waals surface area contributed by atoms with Gasteiger partial charge in [-0.3, -0.25) is 0 Å². The van der Waals surface area contributed by atoms with Crippen LogP contribution in [0, 0.1) is 10.7 Å². The summed E-state index contributed by atoms with van der Waals surface area (Å²) >= 11 is 3.10. The largest absolute Gasteiger partial charge is 0.185 e. The number of thioether (sulfide) groups is 2. The lowest BCUT2D eigenvalue weighted by Crippen LogP contribution is -1.94. The Bertz CT molecular complexity index is 326. The summed E-state index contributed by atoms with van der Waals surface area (Å²) in [6.45, 7) is 2.21. The summed E-state index contributed by atoms with van der Waals surface area (Å²) in [7, 11) is 0. The van der Waals surface area contributed by atoms with Crippen LogP contribution in [0.2, 0.25) is 0 Å². The van der Waals surface area contributed by atoms with Crippen LogP contribution < -0.4 is 0 Å². The first-order valence-electron chi connectivity index (χ1n) is 4.92. The van der Waals surface area contributed by atoms with E-state index in [9.17, 15) is 0 Å². The fourth-order valence-electron chi connectivity index (χ4n) is 1.38. The number of nitriles is 1. The molecular weight excluding hydrogens is 222 g/mol. The van der Waals surface area contributed by atoms with Crippen LogP contribution in [-0.2, 0) is 0 Å². The highest BCUT2D eigenvalue weighted by Gasteiger charge is 2.04. The van der Waals surface area contributed by atoms with Gasteiger partial charge in [0.05, 0.1) is 0 Å². The Morgan fingerprint density at radius 3 is 2.53 bits per heavy atom. The number of hydrogen-bond acceptors (Lipinski definition) is 3. The van der Waals surface area contributed by atoms with Crippen molar-refractivity contribution in [3.8, 4) is 5.40 Å². The van der Waals surface area contributed by atoms with Crippen LogP contribution in [0.15, 0.2) is 29.2 Å². The van der Waals surface area contributed by atoms with Gasteiger partial charge in [0.2, 0.25) is 0 Å². The van der Waals surface area contributed by atoms with Gasteiger partial charge in [-0.1, -0.05) is 19.1 Å². The summed E-state index contributed by atoms with van der Waals surface area (Å²) in [5.74, 6) is 1.46. The molecule has 0 heterocycles. The van der Waals surface area contributed by atoms with E-state index in [4.69, 9.17) is 5.26 Å². The summed E-state index contributed by atoms with van der Waals surface area (Å²) in [4.78, 5) is 1.30. The zero-order valence-electron chi connectivity index (χ0n) is 9.06. The Morgan fingerprint density at radius 2 is 2.00 bits per heavy atom. The molecule has 0 bridgehead atoms. The van der Waals surface area contributed by atoms with Gasteiger partial charge in [-0.2, -0.15) is 5.26 Å². The first-order chi connectivity index (χ1) is 7.27. The van der Waals surface area contributed by atoms with E-state index in [-0.39, 0.29) is 0 Å². The van der Waals surface area contributed by atoms with Crippen LogP contribution in [0.5, 0.6) is 0 Å². The lowest BCUT2D eigenvalue weighted by molar-refractivity contribution is 0.741. The van der Waals surface area contributed by atoms with E-state index in [1.54, 1.807) is 11.8 Å². The van der Waals surface area contributed by atoms with Crippen molar-refractivity contribution in [2.45, 2.75) is 24.2 Å². The van der Waals surface area contributed by atoms with Crippen LogP contribution in [0.4, 0.5) is 0 Å². The van der Waals surface area contributed by atoms with E-state index in [2.05, 4.69) is 42.8 Å². The molecule has 0 N–H and O–H groups in total. The van der Waals surface area contributed by atoms with Gasteiger partial charge >= 0.3 is 0 Å². The van der Waals surface area contributed by atoms with Crippen molar-refractivity contribution in [2.75, 3.05) is 12.0 Å². The molecule has 0 aromatic heterocycles. The van der Waals surface area contributed by atoms with Gasteiger partial charge in [-0.15, -0.1) is 11.8 Å². The van der Waals surface area contributed by atoms with Gasteiger partial charge in [0.1, 0.15) is 5.40 Å². The summed E-state index contributed by atoms with van der Waals surface area (Å²) in [5.41, 5.74) is 1.37. The number of rotatable bonds is 5. The highest BCUT2D eigenvalue weighted by Crippen LogP contribution is 2.23. The second kappa shape index (κ2) is 6.81. The lowest BCUT2D eigenvalue weighted by atomic mass is 9.99. The molecule has 0 radical (unpaired) electrons. The molecule has 0 aliphatic carbocycles. The Hall–Kier alpha value is -0.590. The van der Waals surface area contributed by atoms with Crippen molar-refractivity contribution in [3.05, 3.63) is 29.8 Å². The van der Waals surface area contributed by atoms with Gasteiger partial charge in [-0.25, -0.2) is 0 Å². The van der Waals surface area contributed by atoms with Crippen molar-refractivity contribution in [1.29, 1.82) is 5.26 Å². The molecule has 0 fully saturated rings. The van der Waals surface area contributed by atoms with Crippen LogP contribution >= 0.6 is 23.5 Å². The lowest BCUT2D eigenvalue weighted by Gasteiger charge is -2.10.